The summed E-state index contributed by atoms with van der Waals surface area (Å²) >= 11 is 7.58. The Morgan fingerprint density at radius 1 is 1.11 bits per heavy atom. The Bertz CT molecular complexity index is 789. The number of thiophene rings is 1. The van der Waals surface area contributed by atoms with Crippen LogP contribution in [-0.2, 0) is 14.3 Å². The number of carbonyl (C=O) groups is 3. The van der Waals surface area contributed by atoms with Gasteiger partial charge in [0, 0.05) is 17.9 Å². The van der Waals surface area contributed by atoms with Gasteiger partial charge in [0.15, 0.2) is 5.78 Å². The Balaban J connectivity index is 2.02. The quantitative estimate of drug-likeness (QED) is 0.488. The monoisotopic (exact) mass is 407 g/mol. The minimum atomic E-state index is -0.616. The van der Waals surface area contributed by atoms with Crippen LogP contribution in [0.4, 0.5) is 0 Å². The van der Waals surface area contributed by atoms with Crippen LogP contribution in [0.2, 0.25) is 5.02 Å². The van der Waals surface area contributed by atoms with Crippen LogP contribution < -0.4 is 5.32 Å². The van der Waals surface area contributed by atoms with Crippen LogP contribution in [0, 0.1) is 0 Å². The van der Waals surface area contributed by atoms with Gasteiger partial charge in [-0.25, -0.2) is 0 Å². The molecule has 5 nitrogen and oxygen atoms in total. The number of Topliss-reactive ketones (excluding diaryl/α,β-unsaturated/α-hetero) is 1. The van der Waals surface area contributed by atoms with Gasteiger partial charge in [-0.1, -0.05) is 35.9 Å². The van der Waals surface area contributed by atoms with E-state index in [4.69, 9.17) is 16.3 Å². The van der Waals surface area contributed by atoms with Crippen LogP contribution in [-0.4, -0.2) is 23.8 Å². The van der Waals surface area contributed by atoms with Crippen molar-refractivity contribution in [3.63, 3.8) is 0 Å². The van der Waals surface area contributed by atoms with Gasteiger partial charge in [0.2, 0.25) is 5.91 Å². The van der Waals surface area contributed by atoms with Gasteiger partial charge >= 0.3 is 5.97 Å². The molecule has 1 aromatic heterocycles. The first kappa shape index (κ1) is 21.1. The first-order chi connectivity index (χ1) is 12.9. The van der Waals surface area contributed by atoms with Gasteiger partial charge in [-0.2, -0.15) is 0 Å². The molecule has 1 aromatic carbocycles. The van der Waals surface area contributed by atoms with Crippen LogP contribution in [0.25, 0.3) is 0 Å². The molecule has 0 bridgehead atoms. The molecule has 0 saturated heterocycles. The SMILES string of the molecule is CC(C)OC(=O)C[C@@H](NC(=O)CCC(=O)c1cccs1)c1ccccc1Cl. The molecule has 144 valence electrons. The molecule has 2 rings (SSSR count). The fraction of sp³-hybridized carbons (Fsp3) is 0.350. The molecule has 0 aliphatic rings. The van der Waals surface area contributed by atoms with Crippen LogP contribution >= 0.6 is 22.9 Å². The van der Waals surface area contributed by atoms with Gasteiger partial charge in [-0.15, -0.1) is 11.3 Å². The molecule has 1 N–H and O–H groups in total. The zero-order valence-corrected chi connectivity index (χ0v) is 16.8. The molecule has 0 radical (unpaired) electrons. The standard InChI is InChI=1S/C20H22ClNO4S/c1-13(2)26-20(25)12-16(14-6-3-4-7-15(14)21)22-19(24)10-9-17(23)18-8-5-11-27-18/h3-8,11,13,16H,9-10,12H2,1-2H3,(H,22,24)/t16-/m1/s1. The average Bonchev–Trinajstić information content (AvgIpc) is 3.13. The smallest absolute Gasteiger partial charge is 0.308 e. The second-order valence-electron chi connectivity index (χ2n) is 6.28. The molecule has 2 aromatic rings. The third-order valence-electron chi connectivity index (χ3n) is 3.73. The number of ether oxygens (including phenoxy) is 1. The summed E-state index contributed by atoms with van der Waals surface area (Å²) in [4.78, 5) is 37.1. The average molecular weight is 408 g/mol. The van der Waals surface area contributed by atoms with Crippen LogP contribution in [0.1, 0.15) is 54.4 Å². The van der Waals surface area contributed by atoms with E-state index in [1.807, 2.05) is 5.38 Å². The first-order valence-electron chi connectivity index (χ1n) is 8.66. The number of amides is 1. The normalized spacial score (nSPS) is 11.9. The Hall–Kier alpha value is -2.18. The molecule has 1 amide bonds. The summed E-state index contributed by atoms with van der Waals surface area (Å²) in [7, 11) is 0. The molecular formula is C20H22ClNO4S. The van der Waals surface area contributed by atoms with Gasteiger partial charge in [0.1, 0.15) is 0 Å². The minimum Gasteiger partial charge on any atom is -0.463 e. The number of halogens is 1. The maximum absolute atomic E-state index is 12.4. The van der Waals surface area contributed by atoms with Crippen molar-refractivity contribution in [3.8, 4) is 0 Å². The predicted octanol–water partition coefficient (Wildman–Crippen LogP) is 4.56. The van der Waals surface area contributed by atoms with Gasteiger partial charge in [-0.3, -0.25) is 14.4 Å². The molecule has 0 spiro atoms. The fourth-order valence-corrected chi connectivity index (χ4v) is 3.49. The molecule has 0 aliphatic heterocycles. The summed E-state index contributed by atoms with van der Waals surface area (Å²) < 4.78 is 5.18. The van der Waals surface area contributed by atoms with Crippen molar-refractivity contribution in [2.75, 3.05) is 0 Å². The predicted molar refractivity (Wildman–Crippen MR) is 106 cm³/mol. The van der Waals surface area contributed by atoms with Gasteiger partial charge in [0.25, 0.3) is 0 Å². The minimum absolute atomic E-state index is 0.0352. The van der Waals surface area contributed by atoms with Crippen molar-refractivity contribution in [2.24, 2.45) is 0 Å². The summed E-state index contributed by atoms with van der Waals surface area (Å²) in [5.74, 6) is -0.819. The zero-order chi connectivity index (χ0) is 19.8. The van der Waals surface area contributed by atoms with Crippen molar-refractivity contribution >= 4 is 40.6 Å². The van der Waals surface area contributed by atoms with Gasteiger partial charge < -0.3 is 10.1 Å². The summed E-state index contributed by atoms with van der Waals surface area (Å²) in [5.41, 5.74) is 0.637. The van der Waals surface area contributed by atoms with E-state index in [9.17, 15) is 14.4 Å². The Labute approximate surface area is 167 Å². The molecule has 0 unspecified atom stereocenters. The van der Waals surface area contributed by atoms with Crippen LogP contribution in [0.3, 0.4) is 0 Å². The van der Waals surface area contributed by atoms with E-state index in [2.05, 4.69) is 5.32 Å². The maximum Gasteiger partial charge on any atom is 0.308 e. The lowest BCUT2D eigenvalue weighted by molar-refractivity contribution is -0.148. The van der Waals surface area contributed by atoms with Gasteiger partial charge in [-0.05, 0) is 36.9 Å². The van der Waals surface area contributed by atoms with E-state index in [1.54, 1.807) is 50.2 Å². The molecule has 1 heterocycles. The van der Waals surface area contributed by atoms with Crippen molar-refractivity contribution in [2.45, 2.75) is 45.3 Å². The third kappa shape index (κ3) is 6.81. The number of esters is 1. The highest BCUT2D eigenvalue weighted by Crippen LogP contribution is 2.26. The second-order valence-corrected chi connectivity index (χ2v) is 7.64. The van der Waals surface area contributed by atoms with E-state index >= 15 is 0 Å². The molecule has 0 saturated carbocycles. The molecule has 1 atom stereocenters. The van der Waals surface area contributed by atoms with Crippen LogP contribution in [0.5, 0.6) is 0 Å². The summed E-state index contributed by atoms with van der Waals surface area (Å²) in [6.07, 6.45) is -0.134. The van der Waals surface area contributed by atoms with E-state index in [0.29, 0.717) is 15.5 Å². The maximum atomic E-state index is 12.4. The van der Waals surface area contributed by atoms with Gasteiger partial charge in [0.05, 0.1) is 23.4 Å². The first-order valence-corrected chi connectivity index (χ1v) is 9.92. The number of carbonyl (C=O) groups excluding carboxylic acids is 3. The number of hydrogen-bond donors (Lipinski definition) is 1. The number of ketones is 1. The molecule has 7 heteroatoms. The van der Waals surface area contributed by atoms with E-state index in [1.165, 1.54) is 11.3 Å². The van der Waals surface area contributed by atoms with Crippen LogP contribution in [0.15, 0.2) is 41.8 Å². The highest BCUT2D eigenvalue weighted by atomic mass is 35.5. The highest BCUT2D eigenvalue weighted by molar-refractivity contribution is 7.12. The third-order valence-corrected chi connectivity index (χ3v) is 4.98. The van der Waals surface area contributed by atoms with E-state index in [0.717, 1.165) is 0 Å². The van der Waals surface area contributed by atoms with Crippen molar-refractivity contribution in [3.05, 3.63) is 57.2 Å². The topological polar surface area (TPSA) is 72.5 Å². The highest BCUT2D eigenvalue weighted by Gasteiger charge is 2.22. The van der Waals surface area contributed by atoms with Crippen molar-refractivity contribution in [1.29, 1.82) is 0 Å². The number of benzene rings is 1. The summed E-state index contributed by atoms with van der Waals surface area (Å²) in [6, 6.07) is 9.93. The fourth-order valence-electron chi connectivity index (χ4n) is 2.53. The number of nitrogens with one attached hydrogen (secondary N) is 1. The summed E-state index contributed by atoms with van der Waals surface area (Å²) in [6.45, 7) is 3.52. The lowest BCUT2D eigenvalue weighted by Gasteiger charge is -2.20. The van der Waals surface area contributed by atoms with Crippen molar-refractivity contribution in [1.82, 2.24) is 5.32 Å². The summed E-state index contributed by atoms with van der Waals surface area (Å²) in [5, 5.41) is 5.08. The molecule has 27 heavy (non-hydrogen) atoms. The Morgan fingerprint density at radius 2 is 1.85 bits per heavy atom. The van der Waals surface area contributed by atoms with Crippen molar-refractivity contribution < 1.29 is 19.1 Å². The lowest BCUT2D eigenvalue weighted by atomic mass is 10.0. The van der Waals surface area contributed by atoms with E-state index < -0.39 is 12.0 Å². The zero-order valence-electron chi connectivity index (χ0n) is 15.2. The number of rotatable bonds is 9. The largest absolute Gasteiger partial charge is 0.463 e. The molecule has 0 fully saturated rings. The second kappa shape index (κ2) is 10.2. The Morgan fingerprint density at radius 3 is 2.48 bits per heavy atom. The lowest BCUT2D eigenvalue weighted by Crippen LogP contribution is -2.31. The molecule has 0 aliphatic carbocycles. The Kier molecular flexibility index (Phi) is 8.00. The number of hydrogen-bond acceptors (Lipinski definition) is 5. The molecular weight excluding hydrogens is 386 g/mol. The van der Waals surface area contributed by atoms with E-state index in [-0.39, 0.29) is 37.1 Å².